The van der Waals surface area contributed by atoms with Crippen molar-refractivity contribution in [2.75, 3.05) is 13.2 Å². The Kier molecular flexibility index (Phi) is 5.96. The highest BCUT2D eigenvalue weighted by Crippen LogP contribution is 2.26. The van der Waals surface area contributed by atoms with Gasteiger partial charge in [0.15, 0.2) is 5.78 Å². The maximum Gasteiger partial charge on any atom is 0.196 e. The number of hydrogen-bond acceptors (Lipinski definition) is 4. The Labute approximate surface area is 115 Å². The molecule has 0 aromatic carbocycles. The number of pyridine rings is 1. The molecule has 106 valence electrons. The van der Waals surface area contributed by atoms with E-state index in [4.69, 9.17) is 9.47 Å². The average Bonchev–Trinajstić information content (AvgIpc) is 2.45. The Morgan fingerprint density at radius 1 is 1.16 bits per heavy atom. The minimum Gasteiger partial charge on any atom is -0.492 e. The van der Waals surface area contributed by atoms with Gasteiger partial charge in [-0.05, 0) is 32.8 Å². The summed E-state index contributed by atoms with van der Waals surface area (Å²) in [4.78, 5) is 16.7. The van der Waals surface area contributed by atoms with Gasteiger partial charge >= 0.3 is 0 Å². The van der Waals surface area contributed by atoms with Crippen LogP contribution in [0.1, 0.15) is 50.9 Å². The molecule has 4 nitrogen and oxygen atoms in total. The van der Waals surface area contributed by atoms with E-state index in [9.17, 15) is 4.79 Å². The van der Waals surface area contributed by atoms with Crippen LogP contribution in [0.25, 0.3) is 0 Å². The molecule has 0 aliphatic carbocycles. The smallest absolute Gasteiger partial charge is 0.196 e. The second kappa shape index (κ2) is 7.24. The monoisotopic (exact) mass is 265 g/mol. The Morgan fingerprint density at radius 2 is 1.84 bits per heavy atom. The molecule has 1 rings (SSSR count). The molecule has 1 aromatic heterocycles. The van der Waals surface area contributed by atoms with Crippen LogP contribution in [0, 0.1) is 0 Å². The molecule has 0 bridgehead atoms. The van der Waals surface area contributed by atoms with Crippen LogP contribution in [0.15, 0.2) is 18.5 Å². The molecule has 0 unspecified atom stereocenters. The summed E-state index contributed by atoms with van der Waals surface area (Å²) in [7, 11) is 0. The number of hydrogen-bond donors (Lipinski definition) is 0. The summed E-state index contributed by atoms with van der Waals surface area (Å²) < 4.78 is 11.1. The fourth-order valence-electron chi connectivity index (χ4n) is 2.17. The predicted molar refractivity (Wildman–Crippen MR) is 74.7 cm³/mol. The first kappa shape index (κ1) is 15.6. The molecule has 0 saturated carbocycles. The number of aromatic nitrogens is 1. The Balaban J connectivity index is 3.05. The van der Waals surface area contributed by atoms with Crippen LogP contribution in [0.2, 0.25) is 0 Å². The maximum absolute atomic E-state index is 12.7. The quantitative estimate of drug-likeness (QED) is 0.677. The zero-order valence-corrected chi connectivity index (χ0v) is 12.2. The van der Waals surface area contributed by atoms with E-state index in [0.29, 0.717) is 37.4 Å². The molecule has 0 saturated heterocycles. The molecule has 1 aromatic rings. The number of carbonyl (C=O) groups is 1. The molecule has 0 N–H and O–H groups in total. The standard InChI is InChI=1S/C15H23NO3/c1-5-15(6-2,19-8-4)14(17)12-9-13(18-7-3)11-16-10-12/h9-11H,5-8H2,1-4H3. The van der Waals surface area contributed by atoms with Crippen LogP contribution >= 0.6 is 0 Å². The number of ketones is 1. The maximum atomic E-state index is 12.7. The molecule has 0 fully saturated rings. The second-order valence-electron chi connectivity index (χ2n) is 4.31. The van der Waals surface area contributed by atoms with Gasteiger partial charge in [0.05, 0.1) is 12.8 Å². The Morgan fingerprint density at radius 3 is 2.37 bits per heavy atom. The zero-order chi connectivity index (χ0) is 14.3. The first-order valence-electron chi connectivity index (χ1n) is 6.90. The highest BCUT2D eigenvalue weighted by Gasteiger charge is 2.36. The highest BCUT2D eigenvalue weighted by atomic mass is 16.5. The van der Waals surface area contributed by atoms with Gasteiger partial charge < -0.3 is 9.47 Å². The SMILES string of the molecule is CCOc1cncc(C(=O)C(CC)(CC)OCC)c1. The number of nitrogens with zero attached hydrogens (tertiary/aromatic N) is 1. The molecule has 19 heavy (non-hydrogen) atoms. The summed E-state index contributed by atoms with van der Waals surface area (Å²) in [5.74, 6) is 0.597. The topological polar surface area (TPSA) is 48.4 Å². The van der Waals surface area contributed by atoms with Crippen molar-refractivity contribution < 1.29 is 14.3 Å². The number of ether oxygens (including phenoxy) is 2. The van der Waals surface area contributed by atoms with Gasteiger partial charge in [0.2, 0.25) is 0 Å². The van der Waals surface area contributed by atoms with Crippen molar-refractivity contribution in [3.8, 4) is 5.75 Å². The molecule has 0 amide bonds. The van der Waals surface area contributed by atoms with Crippen LogP contribution < -0.4 is 4.74 Å². The van der Waals surface area contributed by atoms with E-state index in [1.165, 1.54) is 0 Å². The van der Waals surface area contributed by atoms with Crippen molar-refractivity contribution in [3.63, 3.8) is 0 Å². The number of carbonyl (C=O) groups excluding carboxylic acids is 1. The summed E-state index contributed by atoms with van der Waals surface area (Å²) in [6.07, 6.45) is 4.48. The Bertz CT molecular complexity index is 414. The highest BCUT2D eigenvalue weighted by molar-refractivity contribution is 6.02. The van der Waals surface area contributed by atoms with Crippen molar-refractivity contribution in [2.45, 2.75) is 46.1 Å². The van der Waals surface area contributed by atoms with E-state index in [1.807, 2.05) is 27.7 Å². The van der Waals surface area contributed by atoms with Crippen LogP contribution in [-0.4, -0.2) is 29.6 Å². The third kappa shape index (κ3) is 3.53. The van der Waals surface area contributed by atoms with E-state index < -0.39 is 5.60 Å². The number of Topliss-reactive ketones (excluding diaryl/α,β-unsaturated/α-hetero) is 1. The second-order valence-corrected chi connectivity index (χ2v) is 4.31. The molecule has 0 aliphatic heterocycles. The van der Waals surface area contributed by atoms with Crippen LogP contribution in [0.5, 0.6) is 5.75 Å². The molecule has 4 heteroatoms. The summed E-state index contributed by atoms with van der Waals surface area (Å²) in [6, 6.07) is 1.73. The van der Waals surface area contributed by atoms with Gasteiger partial charge in [-0.1, -0.05) is 13.8 Å². The summed E-state index contributed by atoms with van der Waals surface area (Å²) in [6.45, 7) is 8.82. The fourth-order valence-corrected chi connectivity index (χ4v) is 2.17. The molecule has 1 heterocycles. The van der Waals surface area contributed by atoms with Crippen molar-refractivity contribution in [1.29, 1.82) is 0 Å². The molecule has 0 spiro atoms. The minimum absolute atomic E-state index is 0.0200. The predicted octanol–water partition coefficient (Wildman–Crippen LogP) is 3.26. The molecule has 0 atom stereocenters. The lowest BCUT2D eigenvalue weighted by Crippen LogP contribution is -2.40. The largest absolute Gasteiger partial charge is 0.492 e. The van der Waals surface area contributed by atoms with E-state index in [2.05, 4.69) is 4.98 Å². The molecular formula is C15H23NO3. The fraction of sp³-hybridized carbons (Fsp3) is 0.600. The van der Waals surface area contributed by atoms with Gasteiger partial charge in [0, 0.05) is 18.4 Å². The summed E-state index contributed by atoms with van der Waals surface area (Å²) >= 11 is 0. The Hall–Kier alpha value is -1.42. The van der Waals surface area contributed by atoms with Gasteiger partial charge in [-0.2, -0.15) is 0 Å². The van der Waals surface area contributed by atoms with Gasteiger partial charge in [-0.15, -0.1) is 0 Å². The van der Waals surface area contributed by atoms with Gasteiger partial charge in [0.25, 0.3) is 0 Å². The van der Waals surface area contributed by atoms with Gasteiger partial charge in [-0.25, -0.2) is 0 Å². The lowest BCUT2D eigenvalue weighted by atomic mass is 9.88. The first-order chi connectivity index (χ1) is 9.13. The lowest BCUT2D eigenvalue weighted by Gasteiger charge is -2.29. The first-order valence-corrected chi connectivity index (χ1v) is 6.90. The van der Waals surface area contributed by atoms with E-state index in [0.717, 1.165) is 0 Å². The van der Waals surface area contributed by atoms with Crippen molar-refractivity contribution >= 4 is 5.78 Å². The lowest BCUT2D eigenvalue weighted by molar-refractivity contribution is -0.0250. The molecule has 0 radical (unpaired) electrons. The van der Waals surface area contributed by atoms with Crippen molar-refractivity contribution in [3.05, 3.63) is 24.0 Å². The van der Waals surface area contributed by atoms with E-state index in [-0.39, 0.29) is 5.78 Å². The zero-order valence-electron chi connectivity index (χ0n) is 12.2. The number of rotatable bonds is 8. The van der Waals surface area contributed by atoms with Crippen molar-refractivity contribution in [1.82, 2.24) is 4.98 Å². The molecule has 0 aliphatic rings. The van der Waals surface area contributed by atoms with Crippen molar-refractivity contribution in [2.24, 2.45) is 0 Å². The third-order valence-corrected chi connectivity index (χ3v) is 3.26. The summed E-state index contributed by atoms with van der Waals surface area (Å²) in [5.41, 5.74) is -0.204. The summed E-state index contributed by atoms with van der Waals surface area (Å²) in [5, 5.41) is 0. The van der Waals surface area contributed by atoms with E-state index >= 15 is 0 Å². The van der Waals surface area contributed by atoms with Gasteiger partial charge in [0.1, 0.15) is 11.4 Å². The van der Waals surface area contributed by atoms with Crippen LogP contribution in [0.3, 0.4) is 0 Å². The average molecular weight is 265 g/mol. The van der Waals surface area contributed by atoms with Crippen LogP contribution in [-0.2, 0) is 4.74 Å². The molecular weight excluding hydrogens is 242 g/mol. The van der Waals surface area contributed by atoms with E-state index in [1.54, 1.807) is 18.5 Å². The van der Waals surface area contributed by atoms with Crippen LogP contribution in [0.4, 0.5) is 0 Å². The normalized spacial score (nSPS) is 11.4. The minimum atomic E-state index is -0.749. The van der Waals surface area contributed by atoms with Gasteiger partial charge in [-0.3, -0.25) is 9.78 Å². The third-order valence-electron chi connectivity index (χ3n) is 3.26.